The topological polar surface area (TPSA) is 21.7 Å². The number of hydrogen-bond donors (Lipinski definition) is 0. The van der Waals surface area contributed by atoms with Gasteiger partial charge >= 0.3 is 7.12 Å². The van der Waals surface area contributed by atoms with Gasteiger partial charge in [-0.25, -0.2) is 4.39 Å². The summed E-state index contributed by atoms with van der Waals surface area (Å²) in [7, 11) is -0.938. The summed E-state index contributed by atoms with van der Waals surface area (Å²) in [5.74, 6) is 0. The SMILES string of the molecule is CC(=C(F)B1OC(C)(C)C(C)(C)O1)c1ccc(N2CCCCC2)cc1. The van der Waals surface area contributed by atoms with Gasteiger partial charge in [-0.05, 0) is 77.2 Å². The normalized spacial score (nSPS) is 23.6. The molecule has 0 N–H and O–H groups in total. The van der Waals surface area contributed by atoms with Crippen LogP contribution >= 0.6 is 0 Å². The minimum Gasteiger partial charge on any atom is -0.398 e. The number of hydrogen-bond acceptors (Lipinski definition) is 3. The molecule has 0 unspecified atom stereocenters. The van der Waals surface area contributed by atoms with Gasteiger partial charge in [0.1, 0.15) is 5.73 Å². The third-order valence-electron chi connectivity index (χ3n) is 5.84. The van der Waals surface area contributed by atoms with Gasteiger partial charge in [0.2, 0.25) is 0 Å². The zero-order valence-corrected chi connectivity index (χ0v) is 16.1. The van der Waals surface area contributed by atoms with E-state index in [-0.39, 0.29) is 5.73 Å². The molecular weight excluding hydrogens is 316 g/mol. The van der Waals surface area contributed by atoms with Crippen LogP contribution in [0.5, 0.6) is 0 Å². The van der Waals surface area contributed by atoms with Crippen molar-refractivity contribution < 1.29 is 13.7 Å². The third kappa shape index (κ3) is 3.63. The van der Waals surface area contributed by atoms with Crippen molar-refractivity contribution in [3.8, 4) is 0 Å². The molecular formula is C20H29BFNO2. The van der Waals surface area contributed by atoms with Crippen molar-refractivity contribution in [3.63, 3.8) is 0 Å². The second-order valence-corrected chi connectivity index (χ2v) is 8.16. The fourth-order valence-electron chi connectivity index (χ4n) is 3.34. The molecule has 2 heterocycles. The van der Waals surface area contributed by atoms with E-state index < -0.39 is 18.3 Å². The van der Waals surface area contributed by atoms with Gasteiger partial charge in [0, 0.05) is 18.8 Å². The molecule has 2 saturated heterocycles. The highest BCUT2D eigenvalue weighted by Gasteiger charge is 2.53. The van der Waals surface area contributed by atoms with E-state index >= 15 is 0 Å². The van der Waals surface area contributed by atoms with Gasteiger partial charge in [0.25, 0.3) is 0 Å². The van der Waals surface area contributed by atoms with Gasteiger partial charge in [0.15, 0.2) is 0 Å². The van der Waals surface area contributed by atoms with Crippen LogP contribution in [0, 0.1) is 0 Å². The molecule has 2 fully saturated rings. The molecule has 0 spiro atoms. The second-order valence-electron chi connectivity index (χ2n) is 8.16. The van der Waals surface area contributed by atoms with E-state index in [4.69, 9.17) is 9.31 Å². The lowest BCUT2D eigenvalue weighted by Gasteiger charge is -2.32. The maximum Gasteiger partial charge on any atom is 0.525 e. The average Bonchev–Trinajstić information content (AvgIpc) is 2.82. The van der Waals surface area contributed by atoms with Gasteiger partial charge in [0.05, 0.1) is 11.2 Å². The molecule has 5 heteroatoms. The maximum absolute atomic E-state index is 14.9. The first-order chi connectivity index (χ1) is 11.7. The van der Waals surface area contributed by atoms with E-state index in [0.717, 1.165) is 18.7 Å². The van der Waals surface area contributed by atoms with Crippen molar-refractivity contribution in [3.05, 3.63) is 35.6 Å². The van der Waals surface area contributed by atoms with Crippen LogP contribution in [0.25, 0.3) is 5.57 Å². The Bertz CT molecular complexity index is 632. The van der Waals surface area contributed by atoms with Gasteiger partial charge in [-0.1, -0.05) is 12.1 Å². The van der Waals surface area contributed by atoms with Crippen LogP contribution in [0.4, 0.5) is 10.1 Å². The third-order valence-corrected chi connectivity index (χ3v) is 5.84. The highest BCUT2D eigenvalue weighted by molar-refractivity contribution is 6.55. The summed E-state index contributed by atoms with van der Waals surface area (Å²) in [5.41, 5.74) is 1.24. The Balaban J connectivity index is 1.77. The molecule has 3 rings (SSSR count). The molecule has 0 amide bonds. The van der Waals surface area contributed by atoms with E-state index in [2.05, 4.69) is 17.0 Å². The Morgan fingerprint density at radius 3 is 2.00 bits per heavy atom. The fraction of sp³-hybridized carbons (Fsp3) is 0.600. The zero-order chi connectivity index (χ0) is 18.2. The predicted octanol–water partition coefficient (Wildman–Crippen LogP) is 5.01. The summed E-state index contributed by atoms with van der Waals surface area (Å²) in [5, 5.41) is 0. The van der Waals surface area contributed by atoms with Crippen molar-refractivity contribution in [2.45, 2.75) is 65.1 Å². The molecule has 0 atom stereocenters. The molecule has 25 heavy (non-hydrogen) atoms. The average molecular weight is 345 g/mol. The van der Waals surface area contributed by atoms with E-state index in [9.17, 15) is 4.39 Å². The summed E-state index contributed by atoms with van der Waals surface area (Å²) in [6.45, 7) is 11.7. The summed E-state index contributed by atoms with van der Waals surface area (Å²) in [4.78, 5) is 2.40. The van der Waals surface area contributed by atoms with Gasteiger partial charge < -0.3 is 14.2 Å². The lowest BCUT2D eigenvalue weighted by Crippen LogP contribution is -2.41. The molecule has 136 valence electrons. The highest BCUT2D eigenvalue weighted by Crippen LogP contribution is 2.40. The minimum atomic E-state index is -0.938. The second kappa shape index (κ2) is 6.77. The van der Waals surface area contributed by atoms with Crippen LogP contribution in [0.3, 0.4) is 0 Å². The van der Waals surface area contributed by atoms with Crippen molar-refractivity contribution in [2.24, 2.45) is 0 Å². The molecule has 0 bridgehead atoms. The standard InChI is InChI=1S/C20H29BFNO2/c1-15(18(22)21-24-19(2,3)20(4,5)25-21)16-9-11-17(12-10-16)23-13-7-6-8-14-23/h9-12H,6-8,13-14H2,1-5H3. The van der Waals surface area contributed by atoms with Gasteiger partial charge in [-0.2, -0.15) is 0 Å². The van der Waals surface area contributed by atoms with Crippen molar-refractivity contribution in [1.29, 1.82) is 0 Å². The Morgan fingerprint density at radius 1 is 0.960 bits per heavy atom. The van der Waals surface area contributed by atoms with Crippen LogP contribution in [-0.4, -0.2) is 31.4 Å². The van der Waals surface area contributed by atoms with E-state index in [1.54, 1.807) is 6.92 Å². The van der Waals surface area contributed by atoms with Crippen LogP contribution in [0.1, 0.15) is 59.4 Å². The molecule has 2 aliphatic rings. The number of nitrogens with zero attached hydrogens (tertiary/aromatic N) is 1. The number of piperidine rings is 1. The largest absolute Gasteiger partial charge is 0.525 e. The summed E-state index contributed by atoms with van der Waals surface area (Å²) in [6.07, 6.45) is 3.81. The lowest BCUT2D eigenvalue weighted by atomic mass is 9.83. The number of halogens is 1. The molecule has 0 radical (unpaired) electrons. The lowest BCUT2D eigenvalue weighted by molar-refractivity contribution is 0.00578. The number of anilines is 1. The number of rotatable bonds is 3. The van der Waals surface area contributed by atoms with E-state index in [1.165, 1.54) is 24.9 Å². The Hall–Kier alpha value is -1.33. The summed E-state index contributed by atoms with van der Waals surface area (Å²) in [6, 6.07) is 8.15. The van der Waals surface area contributed by atoms with E-state index in [0.29, 0.717) is 5.57 Å². The highest BCUT2D eigenvalue weighted by atomic mass is 19.1. The van der Waals surface area contributed by atoms with Crippen molar-refractivity contribution in [2.75, 3.05) is 18.0 Å². The molecule has 0 aromatic heterocycles. The summed E-state index contributed by atoms with van der Waals surface area (Å²) >= 11 is 0. The Morgan fingerprint density at radius 2 is 1.48 bits per heavy atom. The molecule has 3 nitrogen and oxygen atoms in total. The molecule has 0 saturated carbocycles. The predicted molar refractivity (Wildman–Crippen MR) is 102 cm³/mol. The molecule has 1 aromatic rings. The minimum absolute atomic E-state index is 0.343. The Labute approximate surface area is 151 Å². The monoisotopic (exact) mass is 345 g/mol. The number of allylic oxidation sites excluding steroid dienone is 1. The van der Waals surface area contributed by atoms with Crippen LogP contribution in [0.2, 0.25) is 0 Å². The fourth-order valence-corrected chi connectivity index (χ4v) is 3.34. The van der Waals surface area contributed by atoms with Crippen molar-refractivity contribution in [1.82, 2.24) is 0 Å². The van der Waals surface area contributed by atoms with Crippen LogP contribution in [-0.2, 0) is 9.31 Å². The smallest absolute Gasteiger partial charge is 0.398 e. The van der Waals surface area contributed by atoms with Crippen LogP contribution < -0.4 is 4.90 Å². The first-order valence-corrected chi connectivity index (χ1v) is 9.28. The first kappa shape index (κ1) is 18.5. The van der Waals surface area contributed by atoms with Gasteiger partial charge in [-0.15, -0.1) is 0 Å². The van der Waals surface area contributed by atoms with Crippen LogP contribution in [0.15, 0.2) is 30.0 Å². The zero-order valence-electron chi connectivity index (χ0n) is 16.1. The summed E-state index contributed by atoms with van der Waals surface area (Å²) < 4.78 is 26.6. The van der Waals surface area contributed by atoms with Gasteiger partial charge in [-0.3, -0.25) is 0 Å². The first-order valence-electron chi connectivity index (χ1n) is 9.28. The van der Waals surface area contributed by atoms with E-state index in [1.807, 2.05) is 39.8 Å². The molecule has 2 aliphatic heterocycles. The maximum atomic E-state index is 14.9. The quantitative estimate of drug-likeness (QED) is 0.719. The molecule has 1 aromatic carbocycles. The Kier molecular flexibility index (Phi) is 5.00. The molecule has 0 aliphatic carbocycles. The van der Waals surface area contributed by atoms with Crippen molar-refractivity contribution >= 4 is 18.4 Å². The number of benzene rings is 1.